The van der Waals surface area contributed by atoms with Gasteiger partial charge in [0, 0.05) is 25.2 Å². The van der Waals surface area contributed by atoms with Gasteiger partial charge in [-0.05, 0) is 31.4 Å². The van der Waals surface area contributed by atoms with Crippen LogP contribution in [0.1, 0.15) is 29.6 Å². The average molecular weight is 283 g/mol. The zero-order valence-corrected chi connectivity index (χ0v) is 11.3. The molecule has 1 aromatic carbocycles. The summed E-state index contributed by atoms with van der Waals surface area (Å²) in [5, 5.41) is 3.50. The number of halogens is 2. The van der Waals surface area contributed by atoms with Gasteiger partial charge in [-0.2, -0.15) is 0 Å². The highest BCUT2D eigenvalue weighted by Gasteiger charge is 2.32. The minimum atomic E-state index is -0.614. The van der Waals surface area contributed by atoms with E-state index in [9.17, 15) is 9.18 Å². The lowest BCUT2D eigenvalue weighted by Gasteiger charge is -2.24. The van der Waals surface area contributed by atoms with Gasteiger partial charge in [0.05, 0.1) is 10.6 Å². The van der Waals surface area contributed by atoms with Gasteiger partial charge in [0.15, 0.2) is 5.82 Å². The minimum absolute atomic E-state index is 0.000294. The fourth-order valence-corrected chi connectivity index (χ4v) is 3.14. The molecule has 1 aromatic rings. The second kappa shape index (κ2) is 5.10. The molecule has 2 heterocycles. The summed E-state index contributed by atoms with van der Waals surface area (Å²) in [5.41, 5.74) is 0.0743. The number of nitrogens with zero attached hydrogens (tertiary/aromatic N) is 1. The summed E-state index contributed by atoms with van der Waals surface area (Å²) in [6.45, 7) is 1.33. The molecule has 19 heavy (non-hydrogen) atoms. The fourth-order valence-electron chi connectivity index (χ4n) is 2.97. The van der Waals surface area contributed by atoms with Crippen LogP contribution in [-0.2, 0) is 0 Å². The Balaban J connectivity index is 1.81. The van der Waals surface area contributed by atoms with Crippen molar-refractivity contribution < 1.29 is 9.18 Å². The standard InChI is InChI=1S/C14H16ClFN2O/c15-12-3-1-2-11(13(12)16)14(19)18-7-6-9-4-5-10(8-18)17-9/h1-3,9-10,17H,4-8H2. The number of rotatable bonds is 1. The third-order valence-electron chi connectivity index (χ3n) is 3.99. The van der Waals surface area contributed by atoms with Crippen LogP contribution in [0.3, 0.4) is 0 Å². The van der Waals surface area contributed by atoms with Crippen LogP contribution in [0.25, 0.3) is 0 Å². The molecule has 0 aromatic heterocycles. The van der Waals surface area contributed by atoms with Crippen molar-refractivity contribution in [1.82, 2.24) is 10.2 Å². The maximum atomic E-state index is 13.9. The molecule has 1 N–H and O–H groups in total. The molecule has 5 heteroatoms. The molecule has 102 valence electrons. The molecule has 2 unspecified atom stereocenters. The van der Waals surface area contributed by atoms with E-state index >= 15 is 0 Å². The fraction of sp³-hybridized carbons (Fsp3) is 0.500. The Hall–Kier alpha value is -1.13. The van der Waals surface area contributed by atoms with Crippen LogP contribution in [0.2, 0.25) is 5.02 Å². The topological polar surface area (TPSA) is 32.3 Å². The molecule has 0 saturated carbocycles. The van der Waals surface area contributed by atoms with Gasteiger partial charge >= 0.3 is 0 Å². The lowest BCUT2D eigenvalue weighted by atomic mass is 10.1. The number of carbonyl (C=O) groups excluding carboxylic acids is 1. The molecule has 2 aliphatic heterocycles. The first kappa shape index (κ1) is 12.9. The monoisotopic (exact) mass is 282 g/mol. The quantitative estimate of drug-likeness (QED) is 0.858. The van der Waals surface area contributed by atoms with E-state index in [1.807, 2.05) is 0 Å². The Morgan fingerprint density at radius 3 is 2.95 bits per heavy atom. The molecule has 2 saturated heterocycles. The lowest BCUT2D eigenvalue weighted by molar-refractivity contribution is 0.0743. The van der Waals surface area contributed by atoms with E-state index < -0.39 is 5.82 Å². The zero-order chi connectivity index (χ0) is 13.4. The Morgan fingerprint density at radius 2 is 2.11 bits per heavy atom. The smallest absolute Gasteiger partial charge is 0.256 e. The Bertz CT molecular complexity index is 508. The first-order valence-electron chi connectivity index (χ1n) is 6.64. The number of likely N-dealkylation sites (tertiary alicyclic amines) is 1. The van der Waals surface area contributed by atoms with Gasteiger partial charge in [0.25, 0.3) is 5.91 Å². The van der Waals surface area contributed by atoms with Crippen molar-refractivity contribution in [3.05, 3.63) is 34.6 Å². The van der Waals surface area contributed by atoms with E-state index in [4.69, 9.17) is 11.6 Å². The summed E-state index contributed by atoms with van der Waals surface area (Å²) >= 11 is 5.73. The summed E-state index contributed by atoms with van der Waals surface area (Å²) in [6.07, 6.45) is 3.20. The van der Waals surface area contributed by atoms with Gasteiger partial charge in [-0.25, -0.2) is 4.39 Å². The third-order valence-corrected chi connectivity index (χ3v) is 4.28. The first-order chi connectivity index (χ1) is 9.15. The van der Waals surface area contributed by atoms with Crippen LogP contribution in [0.15, 0.2) is 18.2 Å². The van der Waals surface area contributed by atoms with Crippen molar-refractivity contribution >= 4 is 17.5 Å². The third kappa shape index (κ3) is 2.47. The Labute approximate surface area is 116 Å². The van der Waals surface area contributed by atoms with E-state index in [0.29, 0.717) is 25.2 Å². The maximum absolute atomic E-state index is 13.9. The molecule has 0 radical (unpaired) electrons. The summed E-state index contributed by atoms with van der Waals surface area (Å²) in [4.78, 5) is 14.1. The molecule has 2 fully saturated rings. The van der Waals surface area contributed by atoms with E-state index in [1.165, 1.54) is 18.6 Å². The van der Waals surface area contributed by atoms with Gasteiger partial charge in [0.2, 0.25) is 0 Å². The van der Waals surface area contributed by atoms with E-state index in [2.05, 4.69) is 5.32 Å². The average Bonchev–Trinajstić information content (AvgIpc) is 2.72. The number of carbonyl (C=O) groups is 1. The number of benzene rings is 1. The zero-order valence-electron chi connectivity index (χ0n) is 10.5. The van der Waals surface area contributed by atoms with Gasteiger partial charge in [-0.3, -0.25) is 4.79 Å². The van der Waals surface area contributed by atoms with E-state index in [0.717, 1.165) is 12.8 Å². The summed E-state index contributed by atoms with van der Waals surface area (Å²) in [7, 11) is 0. The van der Waals surface area contributed by atoms with Crippen LogP contribution in [0.5, 0.6) is 0 Å². The Kier molecular flexibility index (Phi) is 3.46. The predicted octanol–water partition coefficient (Wildman–Crippen LogP) is 2.45. The van der Waals surface area contributed by atoms with Crippen molar-refractivity contribution in [2.45, 2.75) is 31.3 Å². The van der Waals surface area contributed by atoms with Gasteiger partial charge < -0.3 is 10.2 Å². The molecule has 1 amide bonds. The number of hydrogen-bond acceptors (Lipinski definition) is 2. The molecule has 2 atom stereocenters. The Morgan fingerprint density at radius 1 is 1.32 bits per heavy atom. The second-order valence-corrected chi connectivity index (χ2v) is 5.69. The molecular formula is C14H16ClFN2O. The highest BCUT2D eigenvalue weighted by molar-refractivity contribution is 6.31. The molecule has 3 nitrogen and oxygen atoms in total. The van der Waals surface area contributed by atoms with Crippen LogP contribution in [0, 0.1) is 5.82 Å². The van der Waals surface area contributed by atoms with Crippen molar-refractivity contribution in [3.8, 4) is 0 Å². The number of hydrogen-bond donors (Lipinski definition) is 1. The molecule has 0 aliphatic carbocycles. The largest absolute Gasteiger partial charge is 0.337 e. The summed E-state index contributed by atoms with van der Waals surface area (Å²) in [6, 6.07) is 5.42. The highest BCUT2D eigenvalue weighted by Crippen LogP contribution is 2.24. The van der Waals surface area contributed by atoms with Crippen LogP contribution in [-0.4, -0.2) is 36.0 Å². The van der Waals surface area contributed by atoms with E-state index in [1.54, 1.807) is 11.0 Å². The van der Waals surface area contributed by atoms with Crippen LogP contribution in [0.4, 0.5) is 4.39 Å². The summed E-state index contributed by atoms with van der Waals surface area (Å²) < 4.78 is 13.9. The number of nitrogens with one attached hydrogen (secondary N) is 1. The van der Waals surface area contributed by atoms with Gasteiger partial charge in [0.1, 0.15) is 0 Å². The molecular weight excluding hydrogens is 267 g/mol. The normalized spacial score (nSPS) is 26.3. The lowest BCUT2D eigenvalue weighted by Crippen LogP contribution is -2.39. The molecule has 2 aliphatic rings. The SMILES string of the molecule is O=C(c1cccc(Cl)c1F)N1CCC2CCC(C1)N2. The number of amides is 1. The van der Waals surface area contributed by atoms with Crippen LogP contribution < -0.4 is 5.32 Å². The van der Waals surface area contributed by atoms with Crippen molar-refractivity contribution in [1.29, 1.82) is 0 Å². The van der Waals surface area contributed by atoms with Gasteiger partial charge in [-0.1, -0.05) is 17.7 Å². The second-order valence-electron chi connectivity index (χ2n) is 5.28. The highest BCUT2D eigenvalue weighted by atomic mass is 35.5. The van der Waals surface area contributed by atoms with Gasteiger partial charge in [-0.15, -0.1) is 0 Å². The minimum Gasteiger partial charge on any atom is -0.337 e. The first-order valence-corrected chi connectivity index (χ1v) is 7.02. The molecule has 0 spiro atoms. The van der Waals surface area contributed by atoms with Crippen molar-refractivity contribution in [3.63, 3.8) is 0 Å². The predicted molar refractivity (Wildman–Crippen MR) is 71.9 cm³/mol. The summed E-state index contributed by atoms with van der Waals surface area (Å²) in [5.74, 6) is -0.870. The van der Waals surface area contributed by atoms with Crippen molar-refractivity contribution in [2.75, 3.05) is 13.1 Å². The van der Waals surface area contributed by atoms with Crippen LogP contribution >= 0.6 is 11.6 Å². The molecule has 2 bridgehead atoms. The van der Waals surface area contributed by atoms with Crippen molar-refractivity contribution in [2.24, 2.45) is 0 Å². The molecule has 3 rings (SSSR count). The maximum Gasteiger partial charge on any atom is 0.256 e. The van der Waals surface area contributed by atoms with E-state index in [-0.39, 0.29) is 16.5 Å². The number of fused-ring (bicyclic) bond motifs is 2.